The molecule has 0 radical (unpaired) electrons. The summed E-state index contributed by atoms with van der Waals surface area (Å²) in [6.07, 6.45) is 5.13. The minimum Gasteiger partial charge on any atom is -0.454 e. The SMILES string of the molecule is Cc1ccc(-n2nc(C(C)(C)C)cc2NC(=O)Nc2ccc(Oc3ccnc4c3N=CCN4)c3cccnc23)cc1. The Kier molecular flexibility index (Phi) is 6.58. The number of hydrogen-bond acceptors (Lipinski definition) is 7. The number of urea groups is 1. The van der Waals surface area contributed by atoms with E-state index in [0.717, 1.165) is 22.3 Å². The molecule has 2 amide bonds. The highest BCUT2D eigenvalue weighted by molar-refractivity contribution is 6.06. The van der Waals surface area contributed by atoms with Crippen LogP contribution in [0.2, 0.25) is 0 Å². The van der Waals surface area contributed by atoms with Gasteiger partial charge in [-0.25, -0.2) is 14.5 Å². The molecule has 3 N–H and O–H groups in total. The molecule has 0 saturated heterocycles. The quantitative estimate of drug-likeness (QED) is 0.219. The van der Waals surface area contributed by atoms with Crippen molar-refractivity contribution in [3.8, 4) is 17.2 Å². The van der Waals surface area contributed by atoms with Crippen molar-refractivity contribution in [2.75, 3.05) is 22.5 Å². The third-order valence-electron chi connectivity index (χ3n) is 6.66. The van der Waals surface area contributed by atoms with Gasteiger partial charge in [0.25, 0.3) is 0 Å². The fourth-order valence-corrected chi connectivity index (χ4v) is 4.50. The molecule has 10 heteroatoms. The summed E-state index contributed by atoms with van der Waals surface area (Å²) in [7, 11) is 0. The van der Waals surface area contributed by atoms with Gasteiger partial charge < -0.3 is 15.4 Å². The van der Waals surface area contributed by atoms with Crippen LogP contribution in [0.5, 0.6) is 11.5 Å². The largest absolute Gasteiger partial charge is 0.454 e. The number of ether oxygens (including phenoxy) is 1. The van der Waals surface area contributed by atoms with E-state index in [1.54, 1.807) is 41.5 Å². The van der Waals surface area contributed by atoms with Gasteiger partial charge in [0.15, 0.2) is 11.6 Å². The normalized spacial score (nSPS) is 12.5. The maximum atomic E-state index is 13.3. The third kappa shape index (κ3) is 5.31. The Morgan fingerprint density at radius 1 is 0.976 bits per heavy atom. The Morgan fingerprint density at radius 2 is 1.80 bits per heavy atom. The van der Waals surface area contributed by atoms with Crippen molar-refractivity contribution in [2.24, 2.45) is 4.99 Å². The van der Waals surface area contributed by atoms with Crippen molar-refractivity contribution in [3.05, 3.63) is 84.3 Å². The van der Waals surface area contributed by atoms with Crippen LogP contribution in [0, 0.1) is 6.92 Å². The number of hydrogen-bond donors (Lipinski definition) is 3. The highest BCUT2D eigenvalue weighted by Crippen LogP contribution is 2.40. The second-order valence-corrected chi connectivity index (χ2v) is 10.8. The van der Waals surface area contributed by atoms with Crippen LogP contribution in [0.4, 0.5) is 27.8 Å². The zero-order chi connectivity index (χ0) is 28.6. The van der Waals surface area contributed by atoms with E-state index in [1.807, 2.05) is 49.4 Å². The van der Waals surface area contributed by atoms with Crippen molar-refractivity contribution < 1.29 is 9.53 Å². The maximum Gasteiger partial charge on any atom is 0.324 e. The van der Waals surface area contributed by atoms with Crippen LogP contribution in [-0.4, -0.2) is 38.5 Å². The first-order chi connectivity index (χ1) is 19.8. The van der Waals surface area contributed by atoms with Crippen molar-refractivity contribution >= 4 is 46.2 Å². The van der Waals surface area contributed by atoms with Crippen molar-refractivity contribution in [2.45, 2.75) is 33.1 Å². The van der Waals surface area contributed by atoms with Crippen molar-refractivity contribution in [1.29, 1.82) is 0 Å². The number of carbonyl (C=O) groups excluding carboxylic acids is 1. The second kappa shape index (κ2) is 10.4. The van der Waals surface area contributed by atoms with Gasteiger partial charge in [0.1, 0.15) is 17.3 Å². The summed E-state index contributed by atoms with van der Waals surface area (Å²) in [5, 5.41) is 14.7. The minimum atomic E-state index is -0.414. The van der Waals surface area contributed by atoms with Gasteiger partial charge in [0.05, 0.1) is 29.1 Å². The van der Waals surface area contributed by atoms with Gasteiger partial charge in [0, 0.05) is 41.5 Å². The molecule has 1 aliphatic heterocycles. The van der Waals surface area contributed by atoms with Crippen LogP contribution in [0.25, 0.3) is 16.6 Å². The van der Waals surface area contributed by atoms with Crippen molar-refractivity contribution in [3.63, 3.8) is 0 Å². The molecule has 206 valence electrons. The topological polar surface area (TPSA) is 118 Å². The Bertz CT molecular complexity index is 1780. The summed E-state index contributed by atoms with van der Waals surface area (Å²) in [5.74, 6) is 2.38. The Hall–Kier alpha value is -5.25. The van der Waals surface area contributed by atoms with Gasteiger partial charge in [-0.05, 0) is 43.3 Å². The van der Waals surface area contributed by atoms with Gasteiger partial charge in [-0.3, -0.25) is 15.3 Å². The predicted octanol–water partition coefficient (Wildman–Crippen LogP) is 6.99. The fraction of sp³-hybridized carbons (Fsp3) is 0.194. The van der Waals surface area contributed by atoms with E-state index in [4.69, 9.17) is 9.84 Å². The third-order valence-corrected chi connectivity index (χ3v) is 6.66. The number of amides is 2. The fourth-order valence-electron chi connectivity index (χ4n) is 4.50. The van der Waals surface area contributed by atoms with E-state index in [2.05, 4.69) is 51.7 Å². The Morgan fingerprint density at radius 3 is 2.61 bits per heavy atom. The number of rotatable bonds is 5. The minimum absolute atomic E-state index is 0.200. The molecule has 0 unspecified atom stereocenters. The van der Waals surface area contributed by atoms with Crippen LogP contribution in [0.3, 0.4) is 0 Å². The molecule has 2 aromatic carbocycles. The number of aromatic nitrogens is 4. The maximum absolute atomic E-state index is 13.3. The van der Waals surface area contributed by atoms with E-state index in [9.17, 15) is 4.79 Å². The number of fused-ring (bicyclic) bond motifs is 2. The molecule has 0 spiro atoms. The molecular formula is C31H30N8O2. The molecule has 4 heterocycles. The number of benzene rings is 2. The summed E-state index contributed by atoms with van der Waals surface area (Å²) in [5.41, 5.74) is 4.43. The first-order valence-corrected chi connectivity index (χ1v) is 13.3. The van der Waals surface area contributed by atoms with Gasteiger partial charge in [-0.15, -0.1) is 0 Å². The average Bonchev–Trinajstić information content (AvgIpc) is 3.39. The summed E-state index contributed by atoms with van der Waals surface area (Å²) >= 11 is 0. The molecule has 0 aliphatic carbocycles. The van der Waals surface area contributed by atoms with Gasteiger partial charge in [-0.1, -0.05) is 38.5 Å². The van der Waals surface area contributed by atoms with Crippen LogP contribution >= 0.6 is 0 Å². The first-order valence-electron chi connectivity index (χ1n) is 13.3. The highest BCUT2D eigenvalue weighted by atomic mass is 16.5. The van der Waals surface area contributed by atoms with Crippen LogP contribution < -0.4 is 20.7 Å². The standard InChI is InChI=1S/C31H30N8O2/c1-19-7-9-20(10-8-19)39-26(18-25(38-39)31(2,3)4)37-30(40)36-22-11-12-23(21-6-5-14-32-27(21)22)41-24-13-15-34-29-28(24)33-16-17-35-29/h5-16,18H,17H2,1-4H3,(H,34,35)(H2,36,37,40). The number of aliphatic imine (C=N–C) groups is 1. The lowest BCUT2D eigenvalue weighted by molar-refractivity contribution is 0.262. The predicted molar refractivity (Wildman–Crippen MR) is 162 cm³/mol. The van der Waals surface area contributed by atoms with Crippen LogP contribution in [0.1, 0.15) is 32.0 Å². The van der Waals surface area contributed by atoms with E-state index in [1.165, 1.54) is 0 Å². The number of aryl methyl sites for hydroxylation is 1. The van der Waals surface area contributed by atoms with Crippen LogP contribution in [-0.2, 0) is 5.41 Å². The van der Waals surface area contributed by atoms with Crippen molar-refractivity contribution in [1.82, 2.24) is 19.7 Å². The number of anilines is 3. The number of carbonyl (C=O) groups is 1. The molecule has 10 nitrogen and oxygen atoms in total. The number of nitrogens with one attached hydrogen (secondary N) is 3. The molecule has 0 saturated carbocycles. The van der Waals surface area contributed by atoms with E-state index < -0.39 is 6.03 Å². The van der Waals surface area contributed by atoms with E-state index in [0.29, 0.717) is 46.6 Å². The summed E-state index contributed by atoms with van der Waals surface area (Å²) in [6, 6.07) is 18.6. The molecule has 0 fully saturated rings. The second-order valence-electron chi connectivity index (χ2n) is 10.8. The van der Waals surface area contributed by atoms with Crippen LogP contribution in [0.15, 0.2) is 78.0 Å². The first kappa shape index (κ1) is 26.0. The summed E-state index contributed by atoms with van der Waals surface area (Å²) in [6.45, 7) is 8.91. The molecular weight excluding hydrogens is 516 g/mol. The average molecular weight is 547 g/mol. The number of nitrogens with zero attached hydrogens (tertiary/aromatic N) is 5. The summed E-state index contributed by atoms with van der Waals surface area (Å²) < 4.78 is 8.03. The zero-order valence-electron chi connectivity index (χ0n) is 23.3. The molecule has 1 aliphatic rings. The molecule has 0 bridgehead atoms. The molecule has 41 heavy (non-hydrogen) atoms. The molecule has 5 aromatic rings. The summed E-state index contributed by atoms with van der Waals surface area (Å²) in [4.78, 5) is 26.6. The zero-order valence-corrected chi connectivity index (χ0v) is 23.3. The van der Waals surface area contributed by atoms with E-state index >= 15 is 0 Å². The lowest BCUT2D eigenvalue weighted by atomic mass is 9.92. The molecule has 6 rings (SSSR count). The Labute approximate surface area is 237 Å². The smallest absolute Gasteiger partial charge is 0.324 e. The van der Waals surface area contributed by atoms with Gasteiger partial charge in [-0.2, -0.15) is 5.10 Å². The monoisotopic (exact) mass is 546 g/mol. The van der Waals surface area contributed by atoms with E-state index in [-0.39, 0.29) is 5.41 Å². The molecule has 0 atom stereocenters. The lowest BCUT2D eigenvalue weighted by Crippen LogP contribution is -2.21. The molecule has 3 aromatic heterocycles. The highest BCUT2D eigenvalue weighted by Gasteiger charge is 2.22. The number of pyridine rings is 2. The lowest BCUT2D eigenvalue weighted by Gasteiger charge is -2.16. The van der Waals surface area contributed by atoms with Gasteiger partial charge in [0.2, 0.25) is 0 Å². The van der Waals surface area contributed by atoms with Gasteiger partial charge >= 0.3 is 6.03 Å². The Balaban J connectivity index is 1.29.